The van der Waals surface area contributed by atoms with Crippen molar-refractivity contribution in [1.29, 1.82) is 0 Å². The zero-order valence-electron chi connectivity index (χ0n) is 5.66. The van der Waals surface area contributed by atoms with E-state index in [9.17, 15) is 13.2 Å². The molecule has 0 aromatic rings. The summed E-state index contributed by atoms with van der Waals surface area (Å²) in [6.45, 7) is 1.11. The second-order valence-electron chi connectivity index (χ2n) is 1.73. The van der Waals surface area contributed by atoms with Gasteiger partial charge in [0.25, 0.3) is 0 Å². The van der Waals surface area contributed by atoms with Crippen LogP contribution in [0.1, 0.15) is 6.92 Å². The minimum atomic E-state index is -3.65. The first kappa shape index (κ1) is 9.38. The molecule has 6 heteroatoms. The van der Waals surface area contributed by atoms with Crippen molar-refractivity contribution in [3.63, 3.8) is 0 Å². The summed E-state index contributed by atoms with van der Waals surface area (Å²) >= 11 is 0. The molecule has 5 nitrogen and oxygen atoms in total. The Hall–Kier alpha value is -0.620. The van der Waals surface area contributed by atoms with Crippen LogP contribution in [-0.2, 0) is 14.8 Å². The highest BCUT2D eigenvalue weighted by atomic mass is 32.2. The van der Waals surface area contributed by atoms with Crippen molar-refractivity contribution in [2.75, 3.05) is 7.05 Å². The summed E-state index contributed by atoms with van der Waals surface area (Å²) in [7, 11) is -2.47. The molecule has 60 valence electrons. The number of carbonyl (C=O) groups is 1. The van der Waals surface area contributed by atoms with Gasteiger partial charge >= 0.3 is 5.97 Å². The fourth-order valence-corrected chi connectivity index (χ4v) is 0.929. The molecule has 2 N–H and O–H groups in total. The molecule has 0 amide bonds. The molecule has 0 fully saturated rings. The lowest BCUT2D eigenvalue weighted by atomic mass is 10.5. The van der Waals surface area contributed by atoms with E-state index in [0.717, 1.165) is 6.92 Å². The van der Waals surface area contributed by atoms with Gasteiger partial charge in [0.1, 0.15) is 0 Å². The Labute approximate surface area is 59.1 Å². The molecule has 0 aromatic carbocycles. The average Bonchev–Trinajstić information content (AvgIpc) is 1.86. The Morgan fingerprint density at radius 2 is 2.00 bits per heavy atom. The Bertz CT molecular complexity index is 219. The summed E-state index contributed by atoms with van der Waals surface area (Å²) in [5.41, 5.74) is 0. The van der Waals surface area contributed by atoms with Crippen LogP contribution in [0.5, 0.6) is 0 Å². The van der Waals surface area contributed by atoms with E-state index in [1.54, 1.807) is 0 Å². The molecule has 1 atom stereocenters. The van der Waals surface area contributed by atoms with E-state index in [-0.39, 0.29) is 0 Å². The van der Waals surface area contributed by atoms with Crippen LogP contribution in [0.2, 0.25) is 0 Å². The lowest BCUT2D eigenvalue weighted by Crippen LogP contribution is -2.35. The summed E-state index contributed by atoms with van der Waals surface area (Å²) in [5, 5.41) is 6.84. The Balaban J connectivity index is 4.51. The zero-order chi connectivity index (χ0) is 8.36. The lowest BCUT2D eigenvalue weighted by Gasteiger charge is -2.04. The second-order valence-corrected chi connectivity index (χ2v) is 3.93. The molecule has 0 heterocycles. The van der Waals surface area contributed by atoms with Gasteiger partial charge in [0, 0.05) is 0 Å². The predicted octanol–water partition coefficient (Wildman–Crippen LogP) is -0.991. The number of sulfonamides is 1. The van der Waals surface area contributed by atoms with Crippen LogP contribution in [0.15, 0.2) is 0 Å². The molecule has 0 aliphatic heterocycles. The minimum absolute atomic E-state index is 1.11. The van der Waals surface area contributed by atoms with Crippen LogP contribution < -0.4 is 4.72 Å². The number of hydrogen-bond acceptors (Lipinski definition) is 3. The molecule has 0 saturated heterocycles. The number of carboxylic acid groups (broad SMARTS) is 1. The SMILES string of the molecule is CNS(=O)(=O)C(C)C(=O)O. The third-order valence-corrected chi connectivity index (χ3v) is 2.80. The first-order valence-electron chi connectivity index (χ1n) is 2.57. The van der Waals surface area contributed by atoms with Gasteiger partial charge in [0.2, 0.25) is 10.0 Å². The topological polar surface area (TPSA) is 83.5 Å². The van der Waals surface area contributed by atoms with Gasteiger partial charge in [0.05, 0.1) is 0 Å². The molecule has 10 heavy (non-hydrogen) atoms. The number of rotatable bonds is 3. The fourth-order valence-electron chi connectivity index (χ4n) is 0.310. The normalized spacial score (nSPS) is 14.6. The first-order valence-corrected chi connectivity index (χ1v) is 4.11. The number of hydrogen-bond donors (Lipinski definition) is 2. The number of carboxylic acids is 1. The Morgan fingerprint density at radius 3 is 2.10 bits per heavy atom. The van der Waals surface area contributed by atoms with Crippen LogP contribution in [0.3, 0.4) is 0 Å². The molecule has 0 spiro atoms. The third kappa shape index (κ3) is 1.96. The largest absolute Gasteiger partial charge is 0.480 e. The summed E-state index contributed by atoms with van der Waals surface area (Å²) in [5.74, 6) is -1.35. The number of nitrogens with one attached hydrogen (secondary N) is 1. The highest BCUT2D eigenvalue weighted by Gasteiger charge is 2.25. The molecule has 0 aliphatic rings. The van der Waals surface area contributed by atoms with Crippen molar-refractivity contribution in [3.8, 4) is 0 Å². The van der Waals surface area contributed by atoms with Crippen LogP contribution >= 0.6 is 0 Å². The molecular weight excluding hydrogens is 158 g/mol. The van der Waals surface area contributed by atoms with Gasteiger partial charge < -0.3 is 5.11 Å². The summed E-state index contributed by atoms with van der Waals surface area (Å²) < 4.78 is 23.2. The standard InChI is InChI=1S/C4H9NO4S/c1-3(4(6)7)10(8,9)5-2/h3,5H,1-2H3,(H,6,7). The van der Waals surface area contributed by atoms with Crippen LogP contribution in [0.4, 0.5) is 0 Å². The Kier molecular flexibility index (Phi) is 2.79. The lowest BCUT2D eigenvalue weighted by molar-refractivity contribution is -0.136. The van der Waals surface area contributed by atoms with E-state index in [0.29, 0.717) is 0 Å². The van der Waals surface area contributed by atoms with Crippen LogP contribution in [-0.4, -0.2) is 31.8 Å². The monoisotopic (exact) mass is 167 g/mol. The van der Waals surface area contributed by atoms with Crippen molar-refractivity contribution >= 4 is 16.0 Å². The molecule has 0 aromatic heterocycles. The maximum atomic E-state index is 10.6. The molecular formula is C4H9NO4S. The van der Waals surface area contributed by atoms with Crippen LogP contribution in [0.25, 0.3) is 0 Å². The fraction of sp³-hybridized carbons (Fsp3) is 0.750. The summed E-state index contributed by atoms with van der Waals surface area (Å²) in [6, 6.07) is 0. The van der Waals surface area contributed by atoms with Gasteiger partial charge in [-0.15, -0.1) is 0 Å². The molecule has 1 unspecified atom stereocenters. The van der Waals surface area contributed by atoms with Gasteiger partial charge in [-0.3, -0.25) is 4.79 Å². The van der Waals surface area contributed by atoms with E-state index in [1.165, 1.54) is 7.05 Å². The molecule has 0 saturated carbocycles. The van der Waals surface area contributed by atoms with Gasteiger partial charge in [-0.05, 0) is 14.0 Å². The molecule has 0 rings (SSSR count). The summed E-state index contributed by atoms with van der Waals surface area (Å²) in [6.07, 6.45) is 0. The first-order chi connectivity index (χ1) is 4.41. The third-order valence-electron chi connectivity index (χ3n) is 1.10. The Morgan fingerprint density at radius 1 is 1.60 bits per heavy atom. The summed E-state index contributed by atoms with van der Waals surface area (Å²) in [4.78, 5) is 10.1. The predicted molar refractivity (Wildman–Crippen MR) is 35.1 cm³/mol. The van der Waals surface area contributed by atoms with Crippen molar-refractivity contribution < 1.29 is 18.3 Å². The molecule has 0 bridgehead atoms. The van der Waals surface area contributed by atoms with Crippen molar-refractivity contribution in [2.45, 2.75) is 12.2 Å². The van der Waals surface area contributed by atoms with Crippen molar-refractivity contribution in [2.24, 2.45) is 0 Å². The maximum absolute atomic E-state index is 10.6. The van der Waals surface area contributed by atoms with Gasteiger partial charge in [-0.2, -0.15) is 0 Å². The highest BCUT2D eigenvalue weighted by Crippen LogP contribution is 1.95. The van der Waals surface area contributed by atoms with E-state index in [4.69, 9.17) is 5.11 Å². The van der Waals surface area contributed by atoms with Crippen LogP contribution in [0, 0.1) is 0 Å². The van der Waals surface area contributed by atoms with Crippen molar-refractivity contribution in [1.82, 2.24) is 4.72 Å². The van der Waals surface area contributed by atoms with Gasteiger partial charge in [-0.1, -0.05) is 0 Å². The maximum Gasteiger partial charge on any atom is 0.323 e. The van der Waals surface area contributed by atoms with Gasteiger partial charge in [-0.25, -0.2) is 13.1 Å². The average molecular weight is 167 g/mol. The van der Waals surface area contributed by atoms with E-state index < -0.39 is 21.2 Å². The van der Waals surface area contributed by atoms with E-state index >= 15 is 0 Å². The highest BCUT2D eigenvalue weighted by molar-refractivity contribution is 7.90. The smallest absolute Gasteiger partial charge is 0.323 e. The van der Waals surface area contributed by atoms with E-state index in [1.807, 2.05) is 4.72 Å². The molecule has 0 radical (unpaired) electrons. The van der Waals surface area contributed by atoms with E-state index in [2.05, 4.69) is 0 Å². The minimum Gasteiger partial charge on any atom is -0.480 e. The number of aliphatic carboxylic acids is 1. The van der Waals surface area contributed by atoms with Gasteiger partial charge in [0.15, 0.2) is 5.25 Å². The van der Waals surface area contributed by atoms with Crippen molar-refractivity contribution in [3.05, 3.63) is 0 Å². The second kappa shape index (κ2) is 2.98. The zero-order valence-corrected chi connectivity index (χ0v) is 6.47. The quantitative estimate of drug-likeness (QED) is 0.565. The molecule has 0 aliphatic carbocycles.